The smallest absolute Gasteiger partial charge is 0.257 e. The van der Waals surface area contributed by atoms with Crippen molar-refractivity contribution >= 4 is 15.9 Å². The number of hydrogen-bond donors (Lipinski definition) is 1. The minimum Gasteiger partial charge on any atom is -0.319 e. The van der Waals surface area contributed by atoms with Gasteiger partial charge in [0.15, 0.2) is 0 Å². The fraction of sp³-hybridized carbons (Fsp3) is 0.286. The summed E-state index contributed by atoms with van der Waals surface area (Å²) in [4.78, 5) is 3.79. The van der Waals surface area contributed by atoms with Crippen molar-refractivity contribution < 1.29 is 8.78 Å². The van der Waals surface area contributed by atoms with Crippen molar-refractivity contribution in [1.82, 2.24) is 4.98 Å². The molecule has 1 rings (SSSR count). The maximum absolute atomic E-state index is 12.1. The fourth-order valence-corrected chi connectivity index (χ4v) is 0.964. The van der Waals surface area contributed by atoms with Gasteiger partial charge in [-0.05, 0) is 27.6 Å². The van der Waals surface area contributed by atoms with Crippen molar-refractivity contribution in [3.8, 4) is 0 Å². The van der Waals surface area contributed by atoms with Crippen molar-refractivity contribution in [1.29, 1.82) is 0 Å². The van der Waals surface area contributed by atoms with E-state index < -0.39 is 12.5 Å². The molecule has 0 saturated carbocycles. The molecule has 1 aromatic rings. The van der Waals surface area contributed by atoms with E-state index in [1.807, 2.05) is 0 Å². The molecule has 66 valence electrons. The zero-order valence-electron chi connectivity index (χ0n) is 6.05. The normalized spacial score (nSPS) is 13.4. The van der Waals surface area contributed by atoms with Gasteiger partial charge in [-0.2, -0.15) is 0 Å². The average Bonchev–Trinajstić information content (AvgIpc) is 2.04. The number of rotatable bonds is 2. The number of alkyl halides is 2. The monoisotopic (exact) mass is 236 g/mol. The predicted octanol–water partition coefficient (Wildman–Crippen LogP) is 2.11. The minimum atomic E-state index is -2.55. The van der Waals surface area contributed by atoms with Gasteiger partial charge in [0.2, 0.25) is 0 Å². The molecule has 2 N–H and O–H groups in total. The number of nitrogens with zero attached hydrogens (tertiary/aromatic N) is 1. The summed E-state index contributed by atoms with van der Waals surface area (Å²) in [5.74, 6) is 0. The molecule has 0 aromatic carbocycles. The maximum Gasteiger partial charge on any atom is 0.257 e. The molecule has 12 heavy (non-hydrogen) atoms. The minimum absolute atomic E-state index is 0.341. The molecule has 2 nitrogen and oxygen atoms in total. The van der Waals surface area contributed by atoms with E-state index in [1.165, 1.54) is 12.3 Å². The number of aromatic nitrogens is 1. The Morgan fingerprint density at radius 2 is 2.08 bits per heavy atom. The Labute approximate surface area is 76.9 Å². The van der Waals surface area contributed by atoms with Gasteiger partial charge in [0.1, 0.15) is 4.60 Å². The highest BCUT2D eigenvalue weighted by Gasteiger charge is 2.17. The van der Waals surface area contributed by atoms with E-state index in [4.69, 9.17) is 5.73 Å². The molecule has 0 spiro atoms. The molecule has 1 heterocycles. The number of nitrogens with two attached hydrogens (primary N) is 1. The lowest BCUT2D eigenvalue weighted by Gasteiger charge is -2.09. The van der Waals surface area contributed by atoms with Gasteiger partial charge in [-0.1, -0.05) is 6.07 Å². The molecule has 0 radical (unpaired) electrons. The molecular weight excluding hydrogens is 230 g/mol. The standard InChI is InChI=1S/C7H7BrF2N2/c8-5-2-1-4(3-12-5)6(11)7(9)10/h1-3,6-7H,11H2/t6-/m0/s1. The van der Waals surface area contributed by atoms with Gasteiger partial charge in [-0.15, -0.1) is 0 Å². The van der Waals surface area contributed by atoms with E-state index in [2.05, 4.69) is 20.9 Å². The Bertz CT molecular complexity index is 250. The number of hydrogen-bond acceptors (Lipinski definition) is 2. The molecule has 0 unspecified atom stereocenters. The van der Waals surface area contributed by atoms with Gasteiger partial charge >= 0.3 is 0 Å². The number of halogens is 3. The van der Waals surface area contributed by atoms with Gasteiger partial charge in [0, 0.05) is 6.20 Å². The van der Waals surface area contributed by atoms with Crippen LogP contribution in [0.4, 0.5) is 8.78 Å². The van der Waals surface area contributed by atoms with Crippen LogP contribution in [-0.4, -0.2) is 11.4 Å². The Kier molecular flexibility index (Phi) is 3.11. The SMILES string of the molecule is N[C@@H](c1ccc(Br)nc1)C(F)F. The fourth-order valence-electron chi connectivity index (χ4n) is 0.730. The van der Waals surface area contributed by atoms with Crippen LogP contribution in [0.15, 0.2) is 22.9 Å². The van der Waals surface area contributed by atoms with Crippen LogP contribution in [0.25, 0.3) is 0 Å². The zero-order valence-corrected chi connectivity index (χ0v) is 7.63. The quantitative estimate of drug-likeness (QED) is 0.800. The summed E-state index contributed by atoms with van der Waals surface area (Å²) < 4.78 is 24.7. The first-order chi connectivity index (χ1) is 5.61. The summed E-state index contributed by atoms with van der Waals surface area (Å²) in [7, 11) is 0. The first-order valence-electron chi connectivity index (χ1n) is 3.26. The molecule has 0 aliphatic carbocycles. The third kappa shape index (κ3) is 2.22. The zero-order chi connectivity index (χ0) is 9.14. The van der Waals surface area contributed by atoms with Crippen LogP contribution >= 0.6 is 15.9 Å². The van der Waals surface area contributed by atoms with E-state index in [0.717, 1.165) is 0 Å². The molecule has 0 bridgehead atoms. The highest BCUT2D eigenvalue weighted by atomic mass is 79.9. The van der Waals surface area contributed by atoms with Gasteiger partial charge in [-0.25, -0.2) is 13.8 Å². The van der Waals surface area contributed by atoms with Gasteiger partial charge in [0.05, 0.1) is 6.04 Å². The van der Waals surface area contributed by atoms with E-state index >= 15 is 0 Å². The molecule has 0 aliphatic heterocycles. The van der Waals surface area contributed by atoms with Crippen LogP contribution in [0.2, 0.25) is 0 Å². The van der Waals surface area contributed by atoms with Crippen LogP contribution in [0.1, 0.15) is 11.6 Å². The Morgan fingerprint density at radius 1 is 1.42 bits per heavy atom. The van der Waals surface area contributed by atoms with Crippen molar-refractivity contribution in [3.05, 3.63) is 28.5 Å². The molecule has 0 fully saturated rings. The molecule has 1 atom stereocenters. The van der Waals surface area contributed by atoms with Crippen molar-refractivity contribution in [3.63, 3.8) is 0 Å². The van der Waals surface area contributed by atoms with E-state index in [-0.39, 0.29) is 0 Å². The number of pyridine rings is 1. The van der Waals surface area contributed by atoms with E-state index in [9.17, 15) is 8.78 Å². The second-order valence-electron chi connectivity index (χ2n) is 2.27. The van der Waals surface area contributed by atoms with Crippen molar-refractivity contribution in [2.75, 3.05) is 0 Å². The van der Waals surface area contributed by atoms with Crippen LogP contribution in [-0.2, 0) is 0 Å². The molecular formula is C7H7BrF2N2. The summed E-state index contributed by atoms with van der Waals surface area (Å²) in [5.41, 5.74) is 5.52. The van der Waals surface area contributed by atoms with Crippen LogP contribution in [0, 0.1) is 0 Å². The molecule has 0 aliphatic rings. The predicted molar refractivity (Wildman–Crippen MR) is 44.9 cm³/mol. The highest BCUT2D eigenvalue weighted by Crippen LogP contribution is 2.17. The Hall–Kier alpha value is -0.550. The van der Waals surface area contributed by atoms with E-state index in [0.29, 0.717) is 10.2 Å². The Balaban J connectivity index is 2.82. The maximum atomic E-state index is 12.1. The summed E-state index contributed by atoms with van der Waals surface area (Å²) in [6.07, 6.45) is -1.21. The summed E-state index contributed by atoms with van der Waals surface area (Å²) >= 11 is 3.09. The topological polar surface area (TPSA) is 38.9 Å². The third-order valence-electron chi connectivity index (χ3n) is 1.41. The van der Waals surface area contributed by atoms with Crippen LogP contribution in [0.5, 0.6) is 0 Å². The first-order valence-corrected chi connectivity index (χ1v) is 4.05. The second-order valence-corrected chi connectivity index (χ2v) is 3.09. The third-order valence-corrected chi connectivity index (χ3v) is 1.88. The molecule has 0 saturated heterocycles. The largest absolute Gasteiger partial charge is 0.319 e. The first kappa shape index (κ1) is 9.54. The molecule has 1 aromatic heterocycles. The molecule has 0 amide bonds. The summed E-state index contributed by atoms with van der Waals surface area (Å²) in [6, 6.07) is 1.86. The second kappa shape index (κ2) is 3.91. The molecule has 5 heteroatoms. The van der Waals surface area contributed by atoms with Crippen LogP contribution < -0.4 is 5.73 Å². The lowest BCUT2D eigenvalue weighted by Crippen LogP contribution is -2.18. The van der Waals surface area contributed by atoms with Crippen molar-refractivity contribution in [2.45, 2.75) is 12.5 Å². The van der Waals surface area contributed by atoms with E-state index in [1.54, 1.807) is 6.07 Å². The summed E-state index contributed by atoms with van der Waals surface area (Å²) in [5, 5.41) is 0. The van der Waals surface area contributed by atoms with Gasteiger partial charge in [-0.3, -0.25) is 0 Å². The highest BCUT2D eigenvalue weighted by molar-refractivity contribution is 9.10. The summed E-state index contributed by atoms with van der Waals surface area (Å²) in [6.45, 7) is 0. The lowest BCUT2D eigenvalue weighted by molar-refractivity contribution is 0.116. The lowest BCUT2D eigenvalue weighted by atomic mass is 10.1. The van der Waals surface area contributed by atoms with Crippen LogP contribution in [0.3, 0.4) is 0 Å². The van der Waals surface area contributed by atoms with Gasteiger partial charge in [0.25, 0.3) is 6.43 Å². The van der Waals surface area contributed by atoms with Gasteiger partial charge < -0.3 is 5.73 Å². The van der Waals surface area contributed by atoms with Crippen molar-refractivity contribution in [2.24, 2.45) is 5.73 Å². The Morgan fingerprint density at radius 3 is 2.50 bits per heavy atom. The average molecular weight is 237 g/mol.